The summed E-state index contributed by atoms with van der Waals surface area (Å²) < 4.78 is 0. The molecule has 0 bridgehead atoms. The van der Waals surface area contributed by atoms with Gasteiger partial charge in [-0.15, -0.1) is 0 Å². The third kappa shape index (κ3) is 4.30. The summed E-state index contributed by atoms with van der Waals surface area (Å²) in [6.45, 7) is 3.65. The van der Waals surface area contributed by atoms with Gasteiger partial charge in [-0.3, -0.25) is 0 Å². The minimum Gasteiger partial charge on any atom is -0.386 e. The smallest absolute Gasteiger partial charge is 0.0857 e. The summed E-state index contributed by atoms with van der Waals surface area (Å²) >= 11 is 6.74. The highest BCUT2D eigenvalue weighted by molar-refractivity contribution is 6.35. The Labute approximate surface area is 228 Å². The van der Waals surface area contributed by atoms with Gasteiger partial charge in [0.1, 0.15) is 0 Å². The van der Waals surface area contributed by atoms with Crippen molar-refractivity contribution in [2.75, 3.05) is 5.32 Å². The van der Waals surface area contributed by atoms with E-state index in [4.69, 9.17) is 11.6 Å². The van der Waals surface area contributed by atoms with Crippen LogP contribution in [0.4, 0.5) is 5.69 Å². The summed E-state index contributed by atoms with van der Waals surface area (Å²) in [5, 5.41) is 20.3. The van der Waals surface area contributed by atoms with Crippen molar-refractivity contribution in [2.45, 2.75) is 31.4 Å². The van der Waals surface area contributed by atoms with E-state index >= 15 is 0 Å². The quantitative estimate of drug-likeness (QED) is 0.244. The van der Waals surface area contributed by atoms with E-state index < -0.39 is 11.1 Å². The normalized spacial score (nSPS) is 17.3. The molecule has 1 aliphatic carbocycles. The van der Waals surface area contributed by atoms with Crippen LogP contribution in [0.3, 0.4) is 0 Å². The lowest BCUT2D eigenvalue weighted by molar-refractivity contribution is 0.0770. The van der Waals surface area contributed by atoms with Crippen LogP contribution in [-0.2, 0) is 11.1 Å². The number of hydrogen-bond acceptors (Lipinski definition) is 2. The first-order chi connectivity index (χ1) is 18.4. The van der Waals surface area contributed by atoms with E-state index in [-0.39, 0.29) is 0 Å². The molecular formula is C35H30ClNO. The van der Waals surface area contributed by atoms with Crippen LogP contribution >= 0.6 is 11.6 Å². The molecule has 0 radical (unpaired) electrons. The minimum atomic E-state index is -1.08. The number of rotatable bonds is 5. The van der Waals surface area contributed by atoms with Gasteiger partial charge >= 0.3 is 0 Å². The molecule has 6 rings (SSSR count). The third-order valence-electron chi connectivity index (χ3n) is 7.52. The molecule has 0 fully saturated rings. The van der Waals surface area contributed by atoms with E-state index in [1.807, 2.05) is 38.1 Å². The predicted molar refractivity (Wildman–Crippen MR) is 162 cm³/mol. The minimum absolute atomic E-state index is 0.560. The standard InChI is InChI=1S/C35H30ClNO/c1-34(2,38)31-23-32(36)29-14-6-7-15-30(29)33(31)35(21-8-3-9-22-35)37-26-19-17-25(18-20-26)28-16-10-12-24-11-4-5-13-27(24)28/h3-21,23,37-38H,22H2,1-2H3. The largest absolute Gasteiger partial charge is 0.386 e. The number of allylic oxidation sites excluding steroid dienone is 2. The topological polar surface area (TPSA) is 32.3 Å². The lowest BCUT2D eigenvalue weighted by atomic mass is 9.75. The summed E-state index contributed by atoms with van der Waals surface area (Å²) in [5.41, 5.74) is 3.63. The van der Waals surface area contributed by atoms with Gasteiger partial charge in [-0.1, -0.05) is 115 Å². The van der Waals surface area contributed by atoms with Crippen LogP contribution < -0.4 is 5.32 Å². The predicted octanol–water partition coefficient (Wildman–Crippen LogP) is 9.36. The lowest BCUT2D eigenvalue weighted by Crippen LogP contribution is -2.37. The van der Waals surface area contributed by atoms with E-state index in [9.17, 15) is 5.11 Å². The first-order valence-corrected chi connectivity index (χ1v) is 13.4. The summed E-state index contributed by atoms with van der Waals surface area (Å²) in [5.74, 6) is 0. The van der Waals surface area contributed by atoms with E-state index in [2.05, 4.69) is 102 Å². The highest BCUT2D eigenvalue weighted by Gasteiger charge is 2.37. The van der Waals surface area contributed by atoms with Crippen molar-refractivity contribution in [3.8, 4) is 11.1 Å². The Morgan fingerprint density at radius 3 is 2.18 bits per heavy atom. The Morgan fingerprint density at radius 1 is 0.789 bits per heavy atom. The summed E-state index contributed by atoms with van der Waals surface area (Å²) in [4.78, 5) is 0. The fraction of sp³-hybridized carbons (Fsp3) is 0.143. The second-order valence-electron chi connectivity index (χ2n) is 10.6. The third-order valence-corrected chi connectivity index (χ3v) is 7.83. The van der Waals surface area contributed by atoms with E-state index in [0.717, 1.165) is 34.0 Å². The van der Waals surface area contributed by atoms with Gasteiger partial charge in [-0.25, -0.2) is 0 Å². The molecule has 2 N–H and O–H groups in total. The molecule has 3 heteroatoms. The molecule has 5 aromatic carbocycles. The summed E-state index contributed by atoms with van der Waals surface area (Å²) in [6, 6.07) is 33.7. The van der Waals surface area contributed by atoms with Gasteiger partial charge in [0.05, 0.1) is 11.1 Å². The molecular weight excluding hydrogens is 486 g/mol. The van der Waals surface area contributed by atoms with Crippen LogP contribution in [0.25, 0.3) is 32.7 Å². The molecule has 0 aromatic heterocycles. The molecule has 188 valence electrons. The van der Waals surface area contributed by atoms with Gasteiger partial charge in [-0.05, 0) is 76.9 Å². The van der Waals surface area contributed by atoms with Crippen LogP contribution in [-0.4, -0.2) is 5.11 Å². The number of benzene rings is 5. The molecule has 0 heterocycles. The summed E-state index contributed by atoms with van der Waals surface area (Å²) in [6.07, 6.45) is 9.28. The van der Waals surface area contributed by atoms with Gasteiger partial charge in [-0.2, -0.15) is 0 Å². The molecule has 0 spiro atoms. The maximum atomic E-state index is 11.3. The zero-order valence-corrected chi connectivity index (χ0v) is 22.3. The van der Waals surface area contributed by atoms with Crippen molar-refractivity contribution in [3.05, 3.63) is 138 Å². The second kappa shape index (κ2) is 9.47. The molecule has 0 saturated heterocycles. The van der Waals surface area contributed by atoms with Crippen molar-refractivity contribution in [1.82, 2.24) is 0 Å². The van der Waals surface area contributed by atoms with Crippen molar-refractivity contribution in [3.63, 3.8) is 0 Å². The number of hydrogen-bond donors (Lipinski definition) is 2. The monoisotopic (exact) mass is 515 g/mol. The molecule has 1 aliphatic rings. The average molecular weight is 516 g/mol. The van der Waals surface area contributed by atoms with Crippen LogP contribution in [0.15, 0.2) is 121 Å². The fourth-order valence-electron chi connectivity index (χ4n) is 5.72. The Bertz CT molecular complexity index is 1700. The lowest BCUT2D eigenvalue weighted by Gasteiger charge is -2.39. The van der Waals surface area contributed by atoms with Crippen molar-refractivity contribution in [1.29, 1.82) is 0 Å². The zero-order valence-electron chi connectivity index (χ0n) is 21.6. The first-order valence-electron chi connectivity index (χ1n) is 13.0. The maximum Gasteiger partial charge on any atom is 0.0857 e. The van der Waals surface area contributed by atoms with Crippen LogP contribution in [0.2, 0.25) is 5.02 Å². The second-order valence-corrected chi connectivity index (χ2v) is 11.0. The van der Waals surface area contributed by atoms with E-state index in [0.29, 0.717) is 5.02 Å². The van der Waals surface area contributed by atoms with E-state index in [1.165, 1.54) is 21.9 Å². The Morgan fingerprint density at radius 2 is 1.47 bits per heavy atom. The molecule has 38 heavy (non-hydrogen) atoms. The first kappa shape index (κ1) is 24.5. The molecule has 5 aromatic rings. The molecule has 1 unspecified atom stereocenters. The highest BCUT2D eigenvalue weighted by atomic mass is 35.5. The van der Waals surface area contributed by atoms with Crippen molar-refractivity contribution < 1.29 is 5.11 Å². The number of fused-ring (bicyclic) bond motifs is 2. The number of halogens is 1. The SMILES string of the molecule is CC(C)(O)c1cc(Cl)c2ccccc2c1C1(Nc2ccc(-c3cccc4ccccc34)cc2)C=CC=CC1. The maximum absolute atomic E-state index is 11.3. The van der Waals surface area contributed by atoms with Crippen LogP contribution in [0, 0.1) is 0 Å². The van der Waals surface area contributed by atoms with Gasteiger partial charge in [0, 0.05) is 16.1 Å². The fourth-order valence-corrected chi connectivity index (χ4v) is 6.00. The number of anilines is 1. The molecule has 0 saturated carbocycles. The molecule has 0 amide bonds. The average Bonchev–Trinajstić information content (AvgIpc) is 2.93. The Kier molecular flexibility index (Phi) is 6.10. The van der Waals surface area contributed by atoms with Gasteiger partial charge < -0.3 is 10.4 Å². The molecule has 2 nitrogen and oxygen atoms in total. The highest BCUT2D eigenvalue weighted by Crippen LogP contribution is 2.45. The van der Waals surface area contributed by atoms with Crippen LogP contribution in [0.1, 0.15) is 31.4 Å². The number of nitrogens with one attached hydrogen (secondary N) is 1. The molecule has 0 aliphatic heterocycles. The van der Waals surface area contributed by atoms with Crippen molar-refractivity contribution >= 4 is 38.8 Å². The van der Waals surface area contributed by atoms with Crippen LogP contribution in [0.5, 0.6) is 0 Å². The Balaban J connectivity index is 1.48. The zero-order chi connectivity index (χ0) is 26.3. The Hall–Kier alpha value is -3.85. The van der Waals surface area contributed by atoms with E-state index in [1.54, 1.807) is 0 Å². The van der Waals surface area contributed by atoms with Crippen molar-refractivity contribution in [2.24, 2.45) is 0 Å². The van der Waals surface area contributed by atoms with Gasteiger partial charge in [0.15, 0.2) is 0 Å². The van der Waals surface area contributed by atoms with Gasteiger partial charge in [0.2, 0.25) is 0 Å². The molecule has 1 atom stereocenters. The van der Waals surface area contributed by atoms with Gasteiger partial charge in [0.25, 0.3) is 0 Å². The number of aliphatic hydroxyl groups is 1. The summed E-state index contributed by atoms with van der Waals surface area (Å²) in [7, 11) is 0.